The van der Waals surface area contributed by atoms with E-state index in [9.17, 15) is 9.59 Å². The predicted molar refractivity (Wildman–Crippen MR) is 37.8 cm³/mol. The summed E-state index contributed by atoms with van der Waals surface area (Å²) in [4.78, 5) is 20.2. The van der Waals surface area contributed by atoms with Gasteiger partial charge in [0.05, 0.1) is 0 Å². The van der Waals surface area contributed by atoms with E-state index >= 15 is 0 Å². The fourth-order valence-corrected chi connectivity index (χ4v) is 0.354. The van der Waals surface area contributed by atoms with Crippen LogP contribution in [0.4, 0.5) is 0 Å². The van der Waals surface area contributed by atoms with Gasteiger partial charge in [0.2, 0.25) is 0 Å². The number of rotatable bonds is 5. The molecule has 0 radical (unpaired) electrons. The van der Waals surface area contributed by atoms with Gasteiger partial charge >= 0.3 is 5.97 Å². The summed E-state index contributed by atoms with van der Waals surface area (Å²) in [6.07, 6.45) is 0. The number of ether oxygens (including phenoxy) is 2. The zero-order valence-corrected chi connectivity index (χ0v) is 6.33. The number of esters is 1. The summed E-state index contributed by atoms with van der Waals surface area (Å²) in [7, 11) is 0. The first-order chi connectivity index (χ1) is 5.18. The molecule has 4 heteroatoms. The van der Waals surface area contributed by atoms with Gasteiger partial charge in [0.25, 0.3) is 6.47 Å². The van der Waals surface area contributed by atoms with Crippen LogP contribution >= 0.6 is 0 Å². The molecule has 0 rings (SSSR count). The fourth-order valence-electron chi connectivity index (χ4n) is 0.354. The minimum Gasteiger partial charge on any atom is -0.464 e. The Labute approximate surface area is 64.8 Å². The van der Waals surface area contributed by atoms with Crippen molar-refractivity contribution in [2.45, 2.75) is 6.92 Å². The van der Waals surface area contributed by atoms with Gasteiger partial charge in [-0.2, -0.15) is 0 Å². The highest BCUT2D eigenvalue weighted by molar-refractivity contribution is 5.86. The van der Waals surface area contributed by atoms with Gasteiger partial charge in [-0.1, -0.05) is 6.58 Å². The summed E-state index contributed by atoms with van der Waals surface area (Å²) < 4.78 is 8.86. The zero-order valence-electron chi connectivity index (χ0n) is 6.33. The Balaban J connectivity index is 3.31. The van der Waals surface area contributed by atoms with E-state index < -0.39 is 5.97 Å². The van der Waals surface area contributed by atoms with Crippen LogP contribution < -0.4 is 0 Å². The molecule has 0 spiro atoms. The molecule has 0 aliphatic carbocycles. The molecule has 0 aliphatic rings. The normalized spacial score (nSPS) is 8.45. The van der Waals surface area contributed by atoms with E-state index in [1.165, 1.54) is 0 Å². The Morgan fingerprint density at radius 1 is 1.55 bits per heavy atom. The average Bonchev–Trinajstić information content (AvgIpc) is 1.97. The maximum atomic E-state index is 10.6. The first-order valence-corrected chi connectivity index (χ1v) is 3.06. The third-order valence-electron chi connectivity index (χ3n) is 0.851. The molecule has 4 nitrogen and oxygen atoms in total. The molecular formula is C7H10O4. The van der Waals surface area contributed by atoms with Crippen molar-refractivity contribution >= 4 is 12.4 Å². The number of carbonyl (C=O) groups excluding carboxylic acids is 2. The van der Waals surface area contributed by atoms with Crippen LogP contribution in [0.15, 0.2) is 12.2 Å². The Kier molecular flexibility index (Phi) is 4.81. The predicted octanol–water partition coefficient (Wildman–Crippen LogP) is 0.279. The molecule has 0 N–H and O–H groups in total. The van der Waals surface area contributed by atoms with Crippen molar-refractivity contribution < 1.29 is 19.1 Å². The topological polar surface area (TPSA) is 52.6 Å². The summed E-state index contributed by atoms with van der Waals surface area (Å²) in [5, 5.41) is 0. The molecular weight excluding hydrogens is 148 g/mol. The second-order valence-electron chi connectivity index (χ2n) is 1.88. The van der Waals surface area contributed by atoms with Crippen molar-refractivity contribution in [2.24, 2.45) is 0 Å². The first kappa shape index (κ1) is 9.68. The van der Waals surface area contributed by atoms with Crippen LogP contribution in [-0.4, -0.2) is 25.7 Å². The maximum Gasteiger partial charge on any atom is 0.333 e. The minimum atomic E-state index is -0.473. The molecule has 0 bridgehead atoms. The van der Waals surface area contributed by atoms with Crippen molar-refractivity contribution in [1.29, 1.82) is 0 Å². The molecule has 11 heavy (non-hydrogen) atoms. The molecule has 0 atom stereocenters. The van der Waals surface area contributed by atoms with Gasteiger partial charge in [-0.15, -0.1) is 0 Å². The molecule has 0 saturated heterocycles. The van der Waals surface area contributed by atoms with E-state index in [1.54, 1.807) is 6.92 Å². The van der Waals surface area contributed by atoms with Crippen LogP contribution in [0, 0.1) is 0 Å². The van der Waals surface area contributed by atoms with E-state index in [0.29, 0.717) is 12.0 Å². The van der Waals surface area contributed by atoms with Crippen LogP contribution in [0.3, 0.4) is 0 Å². The summed E-state index contributed by atoms with van der Waals surface area (Å²) >= 11 is 0. The highest BCUT2D eigenvalue weighted by atomic mass is 16.6. The van der Waals surface area contributed by atoms with E-state index in [1.807, 2.05) is 0 Å². The molecule has 0 unspecified atom stereocenters. The van der Waals surface area contributed by atoms with Gasteiger partial charge in [0, 0.05) is 5.57 Å². The van der Waals surface area contributed by atoms with Crippen molar-refractivity contribution in [3.63, 3.8) is 0 Å². The molecule has 0 saturated carbocycles. The zero-order chi connectivity index (χ0) is 8.69. The van der Waals surface area contributed by atoms with Gasteiger partial charge in [-0.05, 0) is 6.92 Å². The lowest BCUT2D eigenvalue weighted by atomic mass is 10.4. The Hall–Kier alpha value is -1.32. The molecule has 0 aromatic heterocycles. The van der Waals surface area contributed by atoms with Gasteiger partial charge in [-0.25, -0.2) is 4.79 Å². The van der Waals surface area contributed by atoms with E-state index in [-0.39, 0.29) is 13.2 Å². The fraction of sp³-hybridized carbons (Fsp3) is 0.429. The van der Waals surface area contributed by atoms with Crippen molar-refractivity contribution in [2.75, 3.05) is 13.2 Å². The van der Waals surface area contributed by atoms with E-state index in [0.717, 1.165) is 0 Å². The smallest absolute Gasteiger partial charge is 0.333 e. The lowest BCUT2D eigenvalue weighted by molar-refractivity contribution is -0.143. The number of carbonyl (C=O) groups is 2. The molecule has 0 heterocycles. The number of hydrogen-bond acceptors (Lipinski definition) is 4. The monoisotopic (exact) mass is 158 g/mol. The molecule has 0 aliphatic heterocycles. The minimum absolute atomic E-state index is 0.0738. The Bertz CT molecular complexity index is 162. The summed E-state index contributed by atoms with van der Waals surface area (Å²) in [6.45, 7) is 5.37. The summed E-state index contributed by atoms with van der Waals surface area (Å²) in [5.41, 5.74) is 0.330. The Morgan fingerprint density at radius 2 is 2.18 bits per heavy atom. The lowest BCUT2D eigenvalue weighted by Crippen LogP contribution is -2.10. The second-order valence-corrected chi connectivity index (χ2v) is 1.88. The quantitative estimate of drug-likeness (QED) is 0.249. The van der Waals surface area contributed by atoms with E-state index in [2.05, 4.69) is 16.1 Å². The van der Waals surface area contributed by atoms with Gasteiger partial charge < -0.3 is 9.47 Å². The molecule has 0 aromatic carbocycles. The van der Waals surface area contributed by atoms with Crippen LogP contribution in [0.2, 0.25) is 0 Å². The maximum absolute atomic E-state index is 10.6. The van der Waals surface area contributed by atoms with Gasteiger partial charge in [0.15, 0.2) is 0 Å². The van der Waals surface area contributed by atoms with Crippen LogP contribution in [0.25, 0.3) is 0 Å². The number of hydrogen-bond donors (Lipinski definition) is 0. The summed E-state index contributed by atoms with van der Waals surface area (Å²) in [5.74, 6) is -0.473. The second kappa shape index (κ2) is 5.46. The molecule has 62 valence electrons. The largest absolute Gasteiger partial charge is 0.464 e. The van der Waals surface area contributed by atoms with Gasteiger partial charge in [-0.3, -0.25) is 4.79 Å². The standard InChI is InChI=1S/C7H10O4/c1-6(2)7(9)11-4-3-10-5-8/h5H,1,3-4H2,2H3. The van der Waals surface area contributed by atoms with Crippen molar-refractivity contribution in [3.05, 3.63) is 12.2 Å². The van der Waals surface area contributed by atoms with Crippen molar-refractivity contribution in [1.82, 2.24) is 0 Å². The molecule has 0 amide bonds. The highest BCUT2D eigenvalue weighted by Gasteiger charge is 2.01. The average molecular weight is 158 g/mol. The SMILES string of the molecule is C=C(C)C(=O)OCCOC=O. The third-order valence-corrected chi connectivity index (χ3v) is 0.851. The van der Waals surface area contributed by atoms with Crippen LogP contribution in [0.1, 0.15) is 6.92 Å². The van der Waals surface area contributed by atoms with E-state index in [4.69, 9.17) is 0 Å². The van der Waals surface area contributed by atoms with Crippen LogP contribution in [0.5, 0.6) is 0 Å². The van der Waals surface area contributed by atoms with Crippen LogP contribution in [-0.2, 0) is 19.1 Å². The van der Waals surface area contributed by atoms with Gasteiger partial charge in [0.1, 0.15) is 13.2 Å². The Morgan fingerprint density at radius 3 is 2.64 bits per heavy atom. The summed E-state index contributed by atoms with van der Waals surface area (Å²) in [6, 6.07) is 0. The first-order valence-electron chi connectivity index (χ1n) is 3.06. The molecule has 0 fully saturated rings. The van der Waals surface area contributed by atoms with Crippen molar-refractivity contribution in [3.8, 4) is 0 Å². The lowest BCUT2D eigenvalue weighted by Gasteiger charge is -2.01. The third kappa shape index (κ3) is 5.14. The molecule has 0 aromatic rings. The highest BCUT2D eigenvalue weighted by Crippen LogP contribution is 1.90.